The molecule has 0 aliphatic heterocycles. The monoisotopic (exact) mass is 450 g/mol. The van der Waals surface area contributed by atoms with E-state index in [2.05, 4.69) is 43.2 Å². The van der Waals surface area contributed by atoms with Gasteiger partial charge in [-0.25, -0.2) is 4.79 Å². The highest BCUT2D eigenvalue weighted by Crippen LogP contribution is 2.18. The van der Waals surface area contributed by atoms with Crippen LogP contribution >= 0.6 is 11.8 Å². The molecule has 0 saturated carbocycles. The zero-order valence-corrected chi connectivity index (χ0v) is 20.9. The SMILES string of the molecule is CCCCN(CCC(=O)NC(C)CCCN(CC)CC)C(=O)Nc1ccc(SC)cc1. The number of carbonyl (C=O) groups is 2. The Kier molecular flexibility index (Phi) is 14.1. The van der Waals surface area contributed by atoms with Crippen LogP contribution in [0.1, 0.15) is 59.8 Å². The number of amides is 3. The number of urea groups is 1. The second-order valence-corrected chi connectivity index (χ2v) is 8.77. The summed E-state index contributed by atoms with van der Waals surface area (Å²) in [6, 6.07) is 7.81. The molecule has 0 saturated heterocycles. The van der Waals surface area contributed by atoms with Crippen molar-refractivity contribution in [2.45, 2.75) is 70.7 Å². The zero-order valence-electron chi connectivity index (χ0n) is 20.1. The standard InChI is InChI=1S/C24H42N4O2S/c1-6-9-18-28(24(30)26-21-12-14-22(31-5)15-13-21)19-16-23(29)25-20(4)11-10-17-27(7-2)8-3/h12-15,20H,6-11,16-19H2,1-5H3,(H,25,29)(H,26,30). The number of nitrogens with zero attached hydrogens (tertiary/aromatic N) is 2. The lowest BCUT2D eigenvalue weighted by Gasteiger charge is -2.23. The molecule has 6 nitrogen and oxygen atoms in total. The maximum Gasteiger partial charge on any atom is 0.321 e. The van der Waals surface area contributed by atoms with E-state index in [9.17, 15) is 9.59 Å². The first-order valence-corrected chi connectivity index (χ1v) is 12.9. The van der Waals surface area contributed by atoms with Gasteiger partial charge in [0.2, 0.25) is 5.91 Å². The fourth-order valence-electron chi connectivity index (χ4n) is 3.36. The average Bonchev–Trinajstić information content (AvgIpc) is 2.77. The van der Waals surface area contributed by atoms with Crippen molar-refractivity contribution in [3.8, 4) is 0 Å². The van der Waals surface area contributed by atoms with Crippen LogP contribution in [0.4, 0.5) is 10.5 Å². The third kappa shape index (κ3) is 11.5. The predicted octanol–water partition coefficient (Wildman–Crippen LogP) is 5.06. The molecule has 1 aromatic rings. The lowest BCUT2D eigenvalue weighted by atomic mass is 10.1. The molecule has 0 aromatic heterocycles. The first-order chi connectivity index (χ1) is 14.9. The highest BCUT2D eigenvalue weighted by molar-refractivity contribution is 7.98. The van der Waals surface area contributed by atoms with Gasteiger partial charge in [-0.3, -0.25) is 4.79 Å². The Morgan fingerprint density at radius 2 is 1.68 bits per heavy atom. The van der Waals surface area contributed by atoms with Gasteiger partial charge < -0.3 is 20.4 Å². The molecule has 176 valence electrons. The lowest BCUT2D eigenvalue weighted by Crippen LogP contribution is -2.40. The van der Waals surface area contributed by atoms with E-state index in [1.165, 1.54) is 0 Å². The Morgan fingerprint density at radius 3 is 2.26 bits per heavy atom. The van der Waals surface area contributed by atoms with Gasteiger partial charge in [-0.15, -0.1) is 11.8 Å². The molecule has 0 bridgehead atoms. The Morgan fingerprint density at radius 1 is 1.00 bits per heavy atom. The smallest absolute Gasteiger partial charge is 0.321 e. The molecule has 31 heavy (non-hydrogen) atoms. The van der Waals surface area contributed by atoms with Crippen molar-refractivity contribution in [1.82, 2.24) is 15.1 Å². The highest BCUT2D eigenvalue weighted by Gasteiger charge is 2.16. The molecular weight excluding hydrogens is 408 g/mol. The van der Waals surface area contributed by atoms with Gasteiger partial charge in [0.05, 0.1) is 0 Å². The van der Waals surface area contributed by atoms with Gasteiger partial charge >= 0.3 is 6.03 Å². The number of thioether (sulfide) groups is 1. The number of carbonyl (C=O) groups excluding carboxylic acids is 2. The molecule has 0 spiro atoms. The van der Waals surface area contributed by atoms with Gasteiger partial charge in [0, 0.05) is 36.1 Å². The Hall–Kier alpha value is -1.73. The van der Waals surface area contributed by atoms with Crippen molar-refractivity contribution in [1.29, 1.82) is 0 Å². The van der Waals surface area contributed by atoms with Crippen molar-refractivity contribution >= 4 is 29.4 Å². The van der Waals surface area contributed by atoms with Crippen molar-refractivity contribution in [3.63, 3.8) is 0 Å². The molecule has 0 aliphatic rings. The second kappa shape index (κ2) is 16.0. The normalized spacial score (nSPS) is 11.9. The quantitative estimate of drug-likeness (QED) is 0.367. The number of hydrogen-bond donors (Lipinski definition) is 2. The van der Waals surface area contributed by atoms with Gasteiger partial charge in [0.1, 0.15) is 0 Å². The summed E-state index contributed by atoms with van der Waals surface area (Å²) in [6.45, 7) is 12.8. The van der Waals surface area contributed by atoms with E-state index >= 15 is 0 Å². The largest absolute Gasteiger partial charge is 0.354 e. The lowest BCUT2D eigenvalue weighted by molar-refractivity contribution is -0.121. The number of anilines is 1. The van der Waals surface area contributed by atoms with Crippen LogP contribution in [0.5, 0.6) is 0 Å². The number of benzene rings is 1. The number of nitrogens with one attached hydrogen (secondary N) is 2. The van der Waals surface area contributed by atoms with Gasteiger partial charge in [-0.1, -0.05) is 27.2 Å². The van der Waals surface area contributed by atoms with Crippen molar-refractivity contribution in [2.24, 2.45) is 0 Å². The van der Waals surface area contributed by atoms with Crippen LogP contribution in [0.15, 0.2) is 29.2 Å². The van der Waals surface area contributed by atoms with Crippen LogP contribution in [0, 0.1) is 0 Å². The van der Waals surface area contributed by atoms with E-state index in [1.54, 1.807) is 16.7 Å². The summed E-state index contributed by atoms with van der Waals surface area (Å²) >= 11 is 1.67. The molecule has 0 aliphatic carbocycles. The van der Waals surface area contributed by atoms with E-state index < -0.39 is 0 Å². The van der Waals surface area contributed by atoms with Crippen molar-refractivity contribution < 1.29 is 9.59 Å². The molecular formula is C24H42N4O2S. The zero-order chi connectivity index (χ0) is 23.1. The maximum atomic E-state index is 12.7. The number of unbranched alkanes of at least 4 members (excludes halogenated alkanes) is 1. The Balaban J connectivity index is 2.47. The first-order valence-electron chi connectivity index (χ1n) is 11.6. The average molecular weight is 451 g/mol. The van der Waals surface area contributed by atoms with Crippen LogP contribution < -0.4 is 10.6 Å². The van der Waals surface area contributed by atoms with Crippen LogP contribution in [0.3, 0.4) is 0 Å². The maximum absolute atomic E-state index is 12.7. The molecule has 0 heterocycles. The minimum Gasteiger partial charge on any atom is -0.354 e. The van der Waals surface area contributed by atoms with E-state index in [0.717, 1.165) is 55.9 Å². The summed E-state index contributed by atoms with van der Waals surface area (Å²) in [4.78, 5) is 30.5. The molecule has 1 aromatic carbocycles. The summed E-state index contributed by atoms with van der Waals surface area (Å²) in [5.41, 5.74) is 0.774. The Labute approximate surface area is 193 Å². The molecule has 7 heteroatoms. The fourth-order valence-corrected chi connectivity index (χ4v) is 3.77. The predicted molar refractivity (Wildman–Crippen MR) is 133 cm³/mol. The number of hydrogen-bond acceptors (Lipinski definition) is 4. The first kappa shape index (κ1) is 27.3. The molecule has 0 radical (unpaired) electrons. The van der Waals surface area contributed by atoms with Crippen molar-refractivity contribution in [2.75, 3.05) is 44.3 Å². The summed E-state index contributed by atoms with van der Waals surface area (Å²) in [7, 11) is 0. The minimum absolute atomic E-state index is 0.00830. The summed E-state index contributed by atoms with van der Waals surface area (Å²) < 4.78 is 0. The van der Waals surface area contributed by atoms with Crippen LogP contribution in [-0.2, 0) is 4.79 Å². The minimum atomic E-state index is -0.148. The van der Waals surface area contributed by atoms with Gasteiger partial charge in [-0.2, -0.15) is 0 Å². The molecule has 0 fully saturated rings. The van der Waals surface area contributed by atoms with E-state index in [-0.39, 0.29) is 18.0 Å². The van der Waals surface area contributed by atoms with Crippen LogP contribution in [-0.4, -0.2) is 66.8 Å². The van der Waals surface area contributed by atoms with E-state index in [1.807, 2.05) is 30.5 Å². The topological polar surface area (TPSA) is 64.7 Å². The van der Waals surface area contributed by atoms with Crippen LogP contribution in [0.2, 0.25) is 0 Å². The third-order valence-electron chi connectivity index (χ3n) is 5.43. The van der Waals surface area contributed by atoms with Crippen molar-refractivity contribution in [3.05, 3.63) is 24.3 Å². The second-order valence-electron chi connectivity index (χ2n) is 7.89. The number of rotatable bonds is 15. The molecule has 1 atom stereocenters. The fraction of sp³-hybridized carbons (Fsp3) is 0.667. The molecule has 1 unspecified atom stereocenters. The van der Waals surface area contributed by atoms with Gasteiger partial charge in [-0.05, 0) is 76.3 Å². The molecule has 1 rings (SSSR count). The Bertz CT molecular complexity index is 635. The van der Waals surface area contributed by atoms with Gasteiger partial charge in [0.15, 0.2) is 0 Å². The summed E-state index contributed by atoms with van der Waals surface area (Å²) in [6.07, 6.45) is 6.31. The van der Waals surface area contributed by atoms with E-state index in [0.29, 0.717) is 19.5 Å². The highest BCUT2D eigenvalue weighted by atomic mass is 32.2. The van der Waals surface area contributed by atoms with Crippen LogP contribution in [0.25, 0.3) is 0 Å². The summed E-state index contributed by atoms with van der Waals surface area (Å²) in [5.74, 6) is 0.00830. The molecule has 3 amide bonds. The molecule has 2 N–H and O–H groups in total. The summed E-state index contributed by atoms with van der Waals surface area (Å²) in [5, 5.41) is 6.04. The third-order valence-corrected chi connectivity index (χ3v) is 6.18. The van der Waals surface area contributed by atoms with Gasteiger partial charge in [0.25, 0.3) is 0 Å². The van der Waals surface area contributed by atoms with E-state index in [4.69, 9.17) is 0 Å².